The molecule has 0 aromatic heterocycles. The predicted octanol–water partition coefficient (Wildman–Crippen LogP) is 4.06. The molecule has 1 heterocycles. The van der Waals surface area contributed by atoms with Gasteiger partial charge in [0, 0.05) is 17.2 Å². The second-order valence-corrected chi connectivity index (χ2v) is 6.20. The second-order valence-electron chi connectivity index (χ2n) is 5.28. The Morgan fingerprint density at radius 1 is 1.20 bits per heavy atom. The zero-order chi connectivity index (χ0) is 14.3. The van der Waals surface area contributed by atoms with Crippen LogP contribution in [-0.4, -0.2) is 13.0 Å². The van der Waals surface area contributed by atoms with E-state index in [-0.39, 0.29) is 11.8 Å². The van der Waals surface area contributed by atoms with Crippen molar-refractivity contribution in [2.75, 3.05) is 11.9 Å². The van der Waals surface area contributed by atoms with E-state index in [0.717, 1.165) is 22.1 Å². The molecule has 1 atom stereocenters. The highest BCUT2D eigenvalue weighted by Crippen LogP contribution is 2.39. The number of rotatable bonds is 2. The molecule has 0 fully saturated rings. The van der Waals surface area contributed by atoms with Gasteiger partial charge in [-0.25, -0.2) is 0 Å². The number of anilines is 1. The normalized spacial score (nSPS) is 17.4. The third kappa shape index (κ3) is 2.16. The number of aryl methyl sites for hydroxylation is 1. The van der Waals surface area contributed by atoms with Crippen molar-refractivity contribution < 1.29 is 4.79 Å². The monoisotopic (exact) mass is 329 g/mol. The molecule has 0 N–H and O–H groups in total. The third-order valence-electron chi connectivity index (χ3n) is 4.04. The van der Waals surface area contributed by atoms with Crippen molar-refractivity contribution in [1.29, 1.82) is 0 Å². The van der Waals surface area contributed by atoms with E-state index in [2.05, 4.69) is 41.1 Å². The van der Waals surface area contributed by atoms with Crippen molar-refractivity contribution in [3.8, 4) is 0 Å². The first kappa shape index (κ1) is 13.4. The number of hydrogen-bond donors (Lipinski definition) is 0. The van der Waals surface area contributed by atoms with Crippen molar-refractivity contribution >= 4 is 27.5 Å². The Morgan fingerprint density at radius 2 is 1.95 bits per heavy atom. The van der Waals surface area contributed by atoms with E-state index in [1.165, 1.54) is 11.1 Å². The highest BCUT2D eigenvalue weighted by molar-refractivity contribution is 9.10. The largest absolute Gasteiger partial charge is 0.315 e. The summed E-state index contributed by atoms with van der Waals surface area (Å²) < 4.78 is 1.02. The highest BCUT2D eigenvalue weighted by atomic mass is 79.9. The van der Waals surface area contributed by atoms with Gasteiger partial charge >= 0.3 is 0 Å². The molecule has 3 heteroatoms. The molecule has 0 saturated carbocycles. The number of nitrogens with zero attached hydrogens (tertiary/aromatic N) is 1. The SMILES string of the molecule is Cc1ccccc1C[C@H]1C(=O)N(C)c2ccc(Br)cc21. The minimum Gasteiger partial charge on any atom is -0.315 e. The average molecular weight is 330 g/mol. The summed E-state index contributed by atoms with van der Waals surface area (Å²) in [7, 11) is 1.85. The van der Waals surface area contributed by atoms with E-state index in [1.807, 2.05) is 31.3 Å². The first-order valence-corrected chi connectivity index (χ1v) is 7.49. The molecule has 2 aromatic carbocycles. The van der Waals surface area contributed by atoms with Gasteiger partial charge in [0.05, 0.1) is 5.92 Å². The van der Waals surface area contributed by atoms with Crippen molar-refractivity contribution in [2.45, 2.75) is 19.3 Å². The highest BCUT2D eigenvalue weighted by Gasteiger charge is 2.35. The molecule has 102 valence electrons. The van der Waals surface area contributed by atoms with Gasteiger partial charge in [-0.05, 0) is 48.2 Å². The Morgan fingerprint density at radius 3 is 2.70 bits per heavy atom. The molecule has 0 spiro atoms. The van der Waals surface area contributed by atoms with Crippen molar-refractivity contribution in [1.82, 2.24) is 0 Å². The van der Waals surface area contributed by atoms with E-state index < -0.39 is 0 Å². The topological polar surface area (TPSA) is 20.3 Å². The molecule has 3 rings (SSSR count). The van der Waals surface area contributed by atoms with Crippen molar-refractivity contribution in [3.63, 3.8) is 0 Å². The summed E-state index contributed by atoms with van der Waals surface area (Å²) >= 11 is 3.50. The zero-order valence-corrected chi connectivity index (χ0v) is 13.1. The Hall–Kier alpha value is -1.61. The Kier molecular flexibility index (Phi) is 3.38. The standard InChI is InChI=1S/C17H16BrNO/c1-11-5-3-4-6-12(11)9-15-14-10-13(18)7-8-16(14)19(2)17(15)20/h3-8,10,15H,9H2,1-2H3/t15-/m1/s1. The molecule has 0 aliphatic carbocycles. The fourth-order valence-electron chi connectivity index (χ4n) is 2.85. The molecule has 20 heavy (non-hydrogen) atoms. The summed E-state index contributed by atoms with van der Waals surface area (Å²) in [5.41, 5.74) is 4.63. The summed E-state index contributed by atoms with van der Waals surface area (Å²) in [6.07, 6.45) is 0.763. The van der Waals surface area contributed by atoms with Gasteiger partial charge in [-0.15, -0.1) is 0 Å². The van der Waals surface area contributed by atoms with Gasteiger partial charge in [-0.1, -0.05) is 40.2 Å². The summed E-state index contributed by atoms with van der Waals surface area (Å²) in [5.74, 6) is 0.106. The van der Waals surface area contributed by atoms with Gasteiger partial charge in [-0.3, -0.25) is 4.79 Å². The molecule has 0 bridgehead atoms. The zero-order valence-electron chi connectivity index (χ0n) is 11.6. The van der Waals surface area contributed by atoms with Crippen LogP contribution < -0.4 is 4.90 Å². The lowest BCUT2D eigenvalue weighted by atomic mass is 9.91. The van der Waals surface area contributed by atoms with Crippen LogP contribution in [0.4, 0.5) is 5.69 Å². The average Bonchev–Trinajstić information content (AvgIpc) is 2.66. The van der Waals surface area contributed by atoms with Crippen LogP contribution in [0.1, 0.15) is 22.6 Å². The minimum atomic E-state index is -0.0754. The maximum atomic E-state index is 12.5. The van der Waals surface area contributed by atoms with Crippen LogP contribution >= 0.6 is 15.9 Å². The van der Waals surface area contributed by atoms with Gasteiger partial charge in [0.25, 0.3) is 0 Å². The minimum absolute atomic E-state index is 0.0754. The van der Waals surface area contributed by atoms with E-state index in [1.54, 1.807) is 4.90 Å². The maximum Gasteiger partial charge on any atom is 0.234 e. The number of likely N-dealkylation sites (N-methyl/N-ethyl adjacent to an activating group) is 1. The maximum absolute atomic E-state index is 12.5. The fraction of sp³-hybridized carbons (Fsp3) is 0.235. The number of amides is 1. The fourth-order valence-corrected chi connectivity index (χ4v) is 3.23. The summed E-state index contributed by atoms with van der Waals surface area (Å²) in [4.78, 5) is 14.3. The van der Waals surface area contributed by atoms with Crippen LogP contribution in [0.5, 0.6) is 0 Å². The third-order valence-corrected chi connectivity index (χ3v) is 4.53. The quantitative estimate of drug-likeness (QED) is 0.813. The number of carbonyl (C=O) groups is 1. The number of halogens is 1. The summed E-state index contributed by atoms with van der Waals surface area (Å²) in [6, 6.07) is 14.3. The van der Waals surface area contributed by atoms with Gasteiger partial charge in [0.15, 0.2) is 0 Å². The number of hydrogen-bond acceptors (Lipinski definition) is 1. The van der Waals surface area contributed by atoms with E-state index in [4.69, 9.17) is 0 Å². The second kappa shape index (κ2) is 5.06. The summed E-state index contributed by atoms with van der Waals surface area (Å²) in [6.45, 7) is 2.10. The molecular weight excluding hydrogens is 314 g/mol. The van der Waals surface area contributed by atoms with Crippen LogP contribution in [0, 0.1) is 6.92 Å². The van der Waals surface area contributed by atoms with Crippen molar-refractivity contribution in [3.05, 3.63) is 63.6 Å². The Labute approximate surface area is 127 Å². The first-order chi connectivity index (χ1) is 9.58. The molecular formula is C17H16BrNO. The smallest absolute Gasteiger partial charge is 0.234 e. The lowest BCUT2D eigenvalue weighted by Gasteiger charge is -2.12. The van der Waals surface area contributed by atoms with Gasteiger partial charge < -0.3 is 4.90 Å². The molecule has 1 aliphatic rings. The van der Waals surface area contributed by atoms with Crippen LogP contribution in [0.3, 0.4) is 0 Å². The van der Waals surface area contributed by atoms with Crippen LogP contribution in [0.25, 0.3) is 0 Å². The predicted molar refractivity (Wildman–Crippen MR) is 85.2 cm³/mol. The molecule has 2 nitrogen and oxygen atoms in total. The lowest BCUT2D eigenvalue weighted by molar-refractivity contribution is -0.119. The molecule has 0 radical (unpaired) electrons. The van der Waals surface area contributed by atoms with E-state index in [9.17, 15) is 4.79 Å². The van der Waals surface area contributed by atoms with Crippen molar-refractivity contribution in [2.24, 2.45) is 0 Å². The van der Waals surface area contributed by atoms with Crippen LogP contribution in [0.15, 0.2) is 46.9 Å². The van der Waals surface area contributed by atoms with Gasteiger partial charge in [0.1, 0.15) is 0 Å². The molecule has 0 saturated heterocycles. The number of benzene rings is 2. The first-order valence-electron chi connectivity index (χ1n) is 6.69. The molecule has 1 aliphatic heterocycles. The Balaban J connectivity index is 2.01. The summed E-state index contributed by atoms with van der Waals surface area (Å²) in [5, 5.41) is 0. The molecule has 2 aromatic rings. The van der Waals surface area contributed by atoms with E-state index >= 15 is 0 Å². The lowest BCUT2D eigenvalue weighted by Crippen LogP contribution is -2.25. The number of fused-ring (bicyclic) bond motifs is 1. The molecule has 1 amide bonds. The number of carbonyl (C=O) groups excluding carboxylic acids is 1. The van der Waals surface area contributed by atoms with Gasteiger partial charge in [-0.2, -0.15) is 0 Å². The van der Waals surface area contributed by atoms with Crippen LogP contribution in [0.2, 0.25) is 0 Å². The van der Waals surface area contributed by atoms with Gasteiger partial charge in [0.2, 0.25) is 5.91 Å². The Bertz CT molecular complexity index is 680. The molecule has 0 unspecified atom stereocenters. The van der Waals surface area contributed by atoms with E-state index in [0.29, 0.717) is 0 Å². The van der Waals surface area contributed by atoms with Crippen LogP contribution in [-0.2, 0) is 11.2 Å².